The third kappa shape index (κ3) is 4.43. The lowest BCUT2D eigenvalue weighted by Crippen LogP contribution is -2.31. The zero-order chi connectivity index (χ0) is 25.4. The van der Waals surface area contributed by atoms with E-state index in [4.69, 9.17) is 4.98 Å². The lowest BCUT2D eigenvalue weighted by molar-refractivity contribution is 0.0986. The van der Waals surface area contributed by atoms with Gasteiger partial charge in [-0.2, -0.15) is 0 Å². The molecule has 6 aromatic rings. The molecular weight excluding hydrogens is 490 g/mol. The van der Waals surface area contributed by atoms with Crippen LogP contribution >= 0.6 is 11.3 Å². The molecule has 0 saturated carbocycles. The minimum Gasteiger partial charge on any atom is -0.278 e. The van der Waals surface area contributed by atoms with Crippen molar-refractivity contribution in [3.8, 4) is 11.3 Å². The molecule has 3 heterocycles. The van der Waals surface area contributed by atoms with Crippen LogP contribution in [0, 0.1) is 11.6 Å². The maximum Gasteiger partial charge on any atom is 0.261 e. The molecule has 0 aliphatic rings. The summed E-state index contributed by atoms with van der Waals surface area (Å²) in [4.78, 5) is 29.2. The highest BCUT2D eigenvalue weighted by atomic mass is 32.1. The summed E-state index contributed by atoms with van der Waals surface area (Å²) in [6.07, 6.45) is 1.64. The van der Waals surface area contributed by atoms with Gasteiger partial charge in [0.1, 0.15) is 11.3 Å². The van der Waals surface area contributed by atoms with E-state index in [2.05, 4.69) is 9.97 Å². The normalized spacial score (nSPS) is 11.2. The van der Waals surface area contributed by atoms with Crippen molar-refractivity contribution in [2.75, 3.05) is 4.90 Å². The number of nitrogens with zero attached hydrogens (tertiary/aromatic N) is 4. The molecule has 0 N–H and O–H groups in total. The number of thiazole rings is 1. The highest BCUT2D eigenvalue weighted by Gasteiger charge is 2.26. The number of anilines is 1. The monoisotopic (exact) mass is 508 g/mol. The summed E-state index contributed by atoms with van der Waals surface area (Å²) in [6, 6.07) is 26.2. The lowest BCUT2D eigenvalue weighted by atomic mass is 10.0. The Morgan fingerprint density at radius 3 is 2.46 bits per heavy atom. The van der Waals surface area contributed by atoms with Crippen molar-refractivity contribution in [2.24, 2.45) is 0 Å². The second-order valence-electron chi connectivity index (χ2n) is 8.38. The van der Waals surface area contributed by atoms with Crippen LogP contribution in [0.4, 0.5) is 13.9 Å². The second kappa shape index (κ2) is 9.48. The van der Waals surface area contributed by atoms with Gasteiger partial charge in [-0.15, -0.1) is 0 Å². The Balaban J connectivity index is 1.53. The number of para-hydroxylation sites is 1. The summed E-state index contributed by atoms with van der Waals surface area (Å²) in [5.74, 6) is -1.82. The minimum absolute atomic E-state index is 0.0183. The lowest BCUT2D eigenvalue weighted by Gasteiger charge is -2.21. The van der Waals surface area contributed by atoms with E-state index in [0.717, 1.165) is 23.0 Å². The zero-order valence-electron chi connectivity index (χ0n) is 19.3. The first kappa shape index (κ1) is 22.9. The van der Waals surface area contributed by atoms with E-state index < -0.39 is 11.6 Å². The Hall–Kier alpha value is -4.56. The molecule has 0 saturated heterocycles. The highest BCUT2D eigenvalue weighted by Crippen LogP contribution is 2.34. The van der Waals surface area contributed by atoms with Gasteiger partial charge in [-0.1, -0.05) is 65.9 Å². The van der Waals surface area contributed by atoms with Gasteiger partial charge in [0.25, 0.3) is 5.91 Å². The van der Waals surface area contributed by atoms with Gasteiger partial charge in [0.2, 0.25) is 0 Å². The molecule has 1 amide bonds. The van der Waals surface area contributed by atoms with Crippen LogP contribution in [-0.4, -0.2) is 20.9 Å². The number of hydrogen-bond donors (Lipinski definition) is 0. The fraction of sp³-hybridized carbons (Fsp3) is 0.0345. The van der Waals surface area contributed by atoms with Gasteiger partial charge in [-0.05, 0) is 30.3 Å². The summed E-state index contributed by atoms with van der Waals surface area (Å²) in [5.41, 5.74) is 3.26. The van der Waals surface area contributed by atoms with Crippen LogP contribution < -0.4 is 4.90 Å². The first-order valence-corrected chi connectivity index (χ1v) is 12.3. The van der Waals surface area contributed by atoms with Crippen molar-refractivity contribution in [1.29, 1.82) is 0 Å². The SMILES string of the molecule is O=C(c1cc(-c2ccccc2)nc2ccccc12)N(Cc1ccccn1)c1nc2c(F)cc(F)cc2s1. The fourth-order valence-corrected chi connectivity index (χ4v) is 5.20. The number of amides is 1. The van der Waals surface area contributed by atoms with Crippen LogP contribution in [-0.2, 0) is 6.54 Å². The van der Waals surface area contributed by atoms with Crippen molar-refractivity contribution in [1.82, 2.24) is 15.0 Å². The van der Waals surface area contributed by atoms with Gasteiger partial charge < -0.3 is 0 Å². The predicted octanol–water partition coefficient (Wildman–Crippen LogP) is 7.03. The molecule has 37 heavy (non-hydrogen) atoms. The molecule has 3 aromatic heterocycles. The molecule has 0 spiro atoms. The number of fused-ring (bicyclic) bond motifs is 2. The molecule has 0 atom stereocenters. The van der Waals surface area contributed by atoms with Crippen LogP contribution in [0.15, 0.2) is 97.2 Å². The number of pyridine rings is 2. The summed E-state index contributed by atoms with van der Waals surface area (Å²) in [6.45, 7) is 0.0981. The van der Waals surface area contributed by atoms with Crippen molar-refractivity contribution >= 4 is 43.5 Å². The Morgan fingerprint density at radius 1 is 0.865 bits per heavy atom. The third-order valence-electron chi connectivity index (χ3n) is 5.94. The summed E-state index contributed by atoms with van der Waals surface area (Å²) < 4.78 is 28.7. The first-order chi connectivity index (χ1) is 18.1. The quantitative estimate of drug-likeness (QED) is 0.251. The van der Waals surface area contributed by atoms with E-state index in [0.29, 0.717) is 32.6 Å². The van der Waals surface area contributed by atoms with E-state index in [9.17, 15) is 13.6 Å². The molecule has 0 aliphatic heterocycles. The van der Waals surface area contributed by atoms with Crippen molar-refractivity contribution in [3.05, 3.63) is 120 Å². The number of carbonyl (C=O) groups excluding carboxylic acids is 1. The molecule has 180 valence electrons. The van der Waals surface area contributed by atoms with Gasteiger partial charge in [0.15, 0.2) is 10.9 Å². The molecule has 5 nitrogen and oxygen atoms in total. The predicted molar refractivity (Wildman–Crippen MR) is 141 cm³/mol. The maximum atomic E-state index is 14.5. The molecule has 0 bridgehead atoms. The first-order valence-electron chi connectivity index (χ1n) is 11.5. The Bertz CT molecular complexity index is 1760. The highest BCUT2D eigenvalue weighted by molar-refractivity contribution is 7.22. The van der Waals surface area contributed by atoms with E-state index in [1.807, 2.05) is 60.7 Å². The average molecular weight is 509 g/mol. The van der Waals surface area contributed by atoms with Crippen LogP contribution in [0.2, 0.25) is 0 Å². The third-order valence-corrected chi connectivity index (χ3v) is 6.97. The summed E-state index contributed by atoms with van der Waals surface area (Å²) >= 11 is 1.05. The van der Waals surface area contributed by atoms with Crippen LogP contribution in [0.3, 0.4) is 0 Å². The number of benzene rings is 3. The smallest absolute Gasteiger partial charge is 0.261 e. The van der Waals surface area contributed by atoms with Gasteiger partial charge in [0, 0.05) is 23.2 Å². The number of hydrogen-bond acceptors (Lipinski definition) is 5. The van der Waals surface area contributed by atoms with Crippen LogP contribution in [0.5, 0.6) is 0 Å². The fourth-order valence-electron chi connectivity index (χ4n) is 4.20. The minimum atomic E-state index is -0.775. The van der Waals surface area contributed by atoms with E-state index in [-0.39, 0.29) is 23.1 Å². The largest absolute Gasteiger partial charge is 0.278 e. The molecule has 0 aliphatic carbocycles. The molecule has 0 fully saturated rings. The maximum absolute atomic E-state index is 14.5. The van der Waals surface area contributed by atoms with Crippen LogP contribution in [0.25, 0.3) is 32.4 Å². The Labute approximate surface area is 214 Å². The molecular formula is C29H18F2N4OS. The van der Waals surface area contributed by atoms with Crippen molar-refractivity contribution in [3.63, 3.8) is 0 Å². The topological polar surface area (TPSA) is 59.0 Å². The molecule has 8 heteroatoms. The van der Waals surface area contributed by atoms with Gasteiger partial charge in [-0.3, -0.25) is 14.7 Å². The summed E-state index contributed by atoms with van der Waals surface area (Å²) in [5, 5.41) is 0.925. The van der Waals surface area contributed by atoms with E-state index in [1.54, 1.807) is 24.4 Å². The van der Waals surface area contributed by atoms with Gasteiger partial charge in [-0.25, -0.2) is 18.7 Å². The number of halogens is 2. The Morgan fingerprint density at radius 2 is 1.65 bits per heavy atom. The van der Waals surface area contributed by atoms with Crippen molar-refractivity contribution < 1.29 is 13.6 Å². The van der Waals surface area contributed by atoms with Gasteiger partial charge in [0.05, 0.1) is 33.7 Å². The Kier molecular flexibility index (Phi) is 5.86. The number of aromatic nitrogens is 3. The zero-order valence-corrected chi connectivity index (χ0v) is 20.1. The molecule has 0 unspecified atom stereocenters. The number of carbonyl (C=O) groups is 1. The molecule has 0 radical (unpaired) electrons. The second-order valence-corrected chi connectivity index (χ2v) is 9.39. The average Bonchev–Trinajstić information content (AvgIpc) is 3.36. The summed E-state index contributed by atoms with van der Waals surface area (Å²) in [7, 11) is 0. The molecule has 3 aromatic carbocycles. The van der Waals surface area contributed by atoms with E-state index >= 15 is 0 Å². The number of rotatable bonds is 5. The molecule has 6 rings (SSSR count). The van der Waals surface area contributed by atoms with Gasteiger partial charge >= 0.3 is 0 Å². The van der Waals surface area contributed by atoms with E-state index in [1.165, 1.54) is 11.0 Å². The van der Waals surface area contributed by atoms with Crippen LogP contribution in [0.1, 0.15) is 16.1 Å². The van der Waals surface area contributed by atoms with Crippen molar-refractivity contribution in [2.45, 2.75) is 6.54 Å². The standard InChI is InChI=1S/C29H18F2N4OS/c30-19-14-23(31)27-26(15-19)37-29(34-27)35(17-20-10-6-7-13-32-20)28(36)22-16-25(18-8-2-1-3-9-18)33-24-12-5-4-11-21(22)24/h1-16H,17H2.